The first-order valence-corrected chi connectivity index (χ1v) is 9.09. The molecule has 0 bridgehead atoms. The van der Waals surface area contributed by atoms with E-state index in [1.807, 2.05) is 20.8 Å². The number of anilines is 1. The normalized spacial score (nSPS) is 11.2. The Morgan fingerprint density at radius 2 is 1.92 bits per heavy atom. The minimum absolute atomic E-state index is 0.0813. The van der Waals surface area contributed by atoms with Crippen LogP contribution < -0.4 is 10.6 Å². The Morgan fingerprint density at radius 1 is 1.20 bits per heavy atom. The first-order chi connectivity index (χ1) is 11.7. The first-order valence-electron chi connectivity index (χ1n) is 7.89. The van der Waals surface area contributed by atoms with Crippen LogP contribution in [0.1, 0.15) is 42.6 Å². The number of nitrogens with zero attached hydrogens (tertiary/aromatic N) is 2. The van der Waals surface area contributed by atoms with Crippen LogP contribution in [0.15, 0.2) is 24.3 Å². The SMILES string of the molecule is CC(C)(C)CC(=O)Nc1nnc(CCNC(=O)c2ccccc2Cl)s1. The van der Waals surface area contributed by atoms with Crippen LogP contribution in [-0.4, -0.2) is 28.6 Å². The van der Waals surface area contributed by atoms with Gasteiger partial charge in [0.2, 0.25) is 11.0 Å². The second-order valence-electron chi connectivity index (χ2n) is 6.77. The summed E-state index contributed by atoms with van der Waals surface area (Å²) in [6, 6.07) is 6.88. The lowest BCUT2D eigenvalue weighted by molar-refractivity contribution is -0.117. The van der Waals surface area contributed by atoms with Gasteiger partial charge in [-0.2, -0.15) is 0 Å². The van der Waals surface area contributed by atoms with Crippen molar-refractivity contribution in [3.63, 3.8) is 0 Å². The molecule has 134 valence electrons. The monoisotopic (exact) mass is 380 g/mol. The van der Waals surface area contributed by atoms with Crippen molar-refractivity contribution in [1.82, 2.24) is 15.5 Å². The second-order valence-corrected chi connectivity index (χ2v) is 8.24. The van der Waals surface area contributed by atoms with Crippen LogP contribution in [-0.2, 0) is 11.2 Å². The molecule has 1 aromatic heterocycles. The molecule has 0 atom stereocenters. The number of aromatic nitrogens is 2. The summed E-state index contributed by atoms with van der Waals surface area (Å²) in [5, 5.41) is 15.2. The van der Waals surface area contributed by atoms with E-state index >= 15 is 0 Å². The number of hydrogen-bond acceptors (Lipinski definition) is 5. The number of hydrogen-bond donors (Lipinski definition) is 2. The van der Waals surface area contributed by atoms with Gasteiger partial charge in [0.1, 0.15) is 5.01 Å². The topological polar surface area (TPSA) is 84.0 Å². The Hall–Kier alpha value is -1.99. The Bertz CT molecular complexity index is 755. The van der Waals surface area contributed by atoms with Crippen LogP contribution in [0.3, 0.4) is 0 Å². The minimum Gasteiger partial charge on any atom is -0.352 e. The number of benzene rings is 1. The average molecular weight is 381 g/mol. The van der Waals surface area contributed by atoms with Gasteiger partial charge in [-0.15, -0.1) is 10.2 Å². The fourth-order valence-corrected chi connectivity index (χ4v) is 3.05. The predicted molar refractivity (Wildman–Crippen MR) is 100 cm³/mol. The first kappa shape index (κ1) is 19.3. The van der Waals surface area contributed by atoms with Crippen molar-refractivity contribution in [2.45, 2.75) is 33.6 Å². The van der Waals surface area contributed by atoms with Gasteiger partial charge in [-0.05, 0) is 17.5 Å². The molecule has 0 fully saturated rings. The summed E-state index contributed by atoms with van der Waals surface area (Å²) in [4.78, 5) is 23.9. The van der Waals surface area contributed by atoms with Gasteiger partial charge in [0.05, 0.1) is 10.6 Å². The zero-order valence-electron chi connectivity index (χ0n) is 14.4. The van der Waals surface area contributed by atoms with Gasteiger partial charge in [-0.1, -0.05) is 55.8 Å². The molecule has 1 aromatic carbocycles. The van der Waals surface area contributed by atoms with E-state index in [9.17, 15) is 9.59 Å². The fraction of sp³-hybridized carbons (Fsp3) is 0.412. The van der Waals surface area contributed by atoms with Crippen molar-refractivity contribution in [3.05, 3.63) is 39.9 Å². The summed E-state index contributed by atoms with van der Waals surface area (Å²) in [5.74, 6) is -0.309. The highest BCUT2D eigenvalue weighted by atomic mass is 35.5. The quantitative estimate of drug-likeness (QED) is 0.802. The fourth-order valence-electron chi connectivity index (χ4n) is 2.07. The molecule has 0 aliphatic heterocycles. The molecule has 0 unspecified atom stereocenters. The van der Waals surface area contributed by atoms with Gasteiger partial charge >= 0.3 is 0 Å². The van der Waals surface area contributed by atoms with Gasteiger partial charge in [0, 0.05) is 19.4 Å². The Kier molecular flexibility index (Phi) is 6.50. The van der Waals surface area contributed by atoms with E-state index in [0.29, 0.717) is 35.1 Å². The molecule has 2 rings (SSSR count). The molecule has 2 amide bonds. The number of nitrogens with one attached hydrogen (secondary N) is 2. The summed E-state index contributed by atoms with van der Waals surface area (Å²) in [5.41, 5.74) is 0.359. The summed E-state index contributed by atoms with van der Waals surface area (Å²) >= 11 is 7.30. The van der Waals surface area contributed by atoms with E-state index in [1.165, 1.54) is 11.3 Å². The number of rotatable bonds is 6. The highest BCUT2D eigenvalue weighted by Crippen LogP contribution is 2.21. The zero-order valence-corrected chi connectivity index (χ0v) is 16.0. The summed E-state index contributed by atoms with van der Waals surface area (Å²) in [6.45, 7) is 6.41. The lowest BCUT2D eigenvalue weighted by Crippen LogP contribution is -2.25. The highest BCUT2D eigenvalue weighted by Gasteiger charge is 2.17. The van der Waals surface area contributed by atoms with Crippen LogP contribution in [0.4, 0.5) is 5.13 Å². The maximum Gasteiger partial charge on any atom is 0.252 e. The molecule has 0 radical (unpaired) electrons. The van der Waals surface area contributed by atoms with Gasteiger partial charge in [-0.3, -0.25) is 9.59 Å². The molecule has 0 saturated carbocycles. The van der Waals surface area contributed by atoms with Gasteiger partial charge in [0.25, 0.3) is 5.91 Å². The van der Waals surface area contributed by atoms with E-state index in [-0.39, 0.29) is 17.2 Å². The molecule has 6 nitrogen and oxygen atoms in total. The standard InChI is InChI=1S/C17H21ClN4O2S/c1-17(2,3)10-13(23)20-16-22-21-14(25-16)8-9-19-15(24)11-6-4-5-7-12(11)18/h4-7H,8-10H2,1-3H3,(H,19,24)(H,20,22,23). The number of amides is 2. The Labute approximate surface area is 156 Å². The second kappa shape index (κ2) is 8.40. The zero-order chi connectivity index (χ0) is 18.4. The van der Waals surface area contributed by atoms with Crippen molar-refractivity contribution in [2.24, 2.45) is 5.41 Å². The third kappa shape index (κ3) is 6.43. The van der Waals surface area contributed by atoms with Crippen LogP contribution in [0, 0.1) is 5.41 Å². The number of carbonyl (C=O) groups excluding carboxylic acids is 2. The van der Waals surface area contributed by atoms with E-state index in [0.717, 1.165) is 5.01 Å². The van der Waals surface area contributed by atoms with Crippen LogP contribution in [0.25, 0.3) is 0 Å². The van der Waals surface area contributed by atoms with Crippen molar-refractivity contribution in [2.75, 3.05) is 11.9 Å². The molecule has 2 N–H and O–H groups in total. The highest BCUT2D eigenvalue weighted by molar-refractivity contribution is 7.15. The van der Waals surface area contributed by atoms with Gasteiger partial charge in [-0.25, -0.2) is 0 Å². The molecule has 2 aromatic rings. The maximum atomic E-state index is 12.1. The molecule has 0 aliphatic carbocycles. The maximum absolute atomic E-state index is 12.1. The largest absolute Gasteiger partial charge is 0.352 e. The third-order valence-electron chi connectivity index (χ3n) is 3.15. The average Bonchev–Trinajstić information content (AvgIpc) is 2.92. The smallest absolute Gasteiger partial charge is 0.252 e. The molecule has 0 aliphatic rings. The molecule has 8 heteroatoms. The Morgan fingerprint density at radius 3 is 2.60 bits per heavy atom. The Balaban J connectivity index is 1.81. The van der Waals surface area contributed by atoms with Gasteiger partial charge < -0.3 is 10.6 Å². The van der Waals surface area contributed by atoms with Crippen molar-refractivity contribution in [3.8, 4) is 0 Å². The molecular formula is C17H21ClN4O2S. The van der Waals surface area contributed by atoms with E-state index in [2.05, 4.69) is 20.8 Å². The molecule has 0 spiro atoms. The predicted octanol–water partition coefficient (Wildman–Crippen LogP) is 3.54. The van der Waals surface area contributed by atoms with Crippen molar-refractivity contribution in [1.29, 1.82) is 0 Å². The summed E-state index contributed by atoms with van der Waals surface area (Å²) in [6.07, 6.45) is 0.943. The minimum atomic E-state index is -0.228. The van der Waals surface area contributed by atoms with E-state index < -0.39 is 0 Å². The lowest BCUT2D eigenvalue weighted by Gasteiger charge is -2.16. The van der Waals surface area contributed by atoms with Crippen LogP contribution >= 0.6 is 22.9 Å². The van der Waals surface area contributed by atoms with Crippen LogP contribution in [0.5, 0.6) is 0 Å². The van der Waals surface area contributed by atoms with E-state index in [1.54, 1.807) is 24.3 Å². The number of halogens is 1. The summed E-state index contributed by atoms with van der Waals surface area (Å²) in [7, 11) is 0. The van der Waals surface area contributed by atoms with E-state index in [4.69, 9.17) is 11.6 Å². The van der Waals surface area contributed by atoms with Gasteiger partial charge in [0.15, 0.2) is 0 Å². The van der Waals surface area contributed by atoms with Crippen LogP contribution in [0.2, 0.25) is 5.02 Å². The lowest BCUT2D eigenvalue weighted by atomic mass is 9.92. The molecule has 1 heterocycles. The number of carbonyl (C=O) groups is 2. The molecule has 25 heavy (non-hydrogen) atoms. The summed E-state index contributed by atoms with van der Waals surface area (Å²) < 4.78 is 0. The van der Waals surface area contributed by atoms with Crippen molar-refractivity contribution >= 4 is 39.9 Å². The third-order valence-corrected chi connectivity index (χ3v) is 4.38. The molecule has 0 saturated heterocycles. The molecular weight excluding hydrogens is 360 g/mol. The van der Waals surface area contributed by atoms with Crippen molar-refractivity contribution < 1.29 is 9.59 Å².